The molecule has 82 valence electrons. The molecule has 0 saturated carbocycles. The van der Waals surface area contributed by atoms with E-state index in [4.69, 9.17) is 0 Å². The third-order valence-corrected chi connectivity index (χ3v) is 1.74. The van der Waals surface area contributed by atoms with E-state index in [1.54, 1.807) is 18.2 Å². The van der Waals surface area contributed by atoms with E-state index in [0.29, 0.717) is 5.69 Å². The predicted molar refractivity (Wildman–Crippen MR) is 46.8 cm³/mol. The Kier molecular flexibility index (Phi) is 3.28. The van der Waals surface area contributed by atoms with Gasteiger partial charge in [-0.3, -0.25) is 9.78 Å². The first-order valence-electron chi connectivity index (χ1n) is 4.20. The van der Waals surface area contributed by atoms with Crippen molar-refractivity contribution in [2.45, 2.75) is 19.1 Å². The molecule has 0 aliphatic heterocycles. The van der Waals surface area contributed by atoms with Crippen LogP contribution in [0.2, 0.25) is 0 Å². The topological polar surface area (TPSA) is 42.0 Å². The third kappa shape index (κ3) is 3.23. The molecule has 0 aliphatic carbocycles. The number of aromatic nitrogens is 1. The van der Waals surface area contributed by atoms with Crippen LogP contribution in [0.25, 0.3) is 0 Å². The van der Waals surface area contributed by atoms with Crippen molar-refractivity contribution in [1.82, 2.24) is 10.3 Å². The molecule has 0 fully saturated rings. The highest BCUT2D eigenvalue weighted by atomic mass is 19.4. The third-order valence-electron chi connectivity index (χ3n) is 1.74. The average Bonchev–Trinajstić information content (AvgIpc) is 2.17. The number of rotatable bonds is 2. The zero-order chi connectivity index (χ0) is 11.5. The molecule has 1 unspecified atom stereocenters. The summed E-state index contributed by atoms with van der Waals surface area (Å²) >= 11 is 0. The van der Waals surface area contributed by atoms with Crippen LogP contribution in [0.3, 0.4) is 0 Å². The fourth-order valence-electron chi connectivity index (χ4n) is 0.985. The second-order valence-corrected chi connectivity index (χ2v) is 2.95. The summed E-state index contributed by atoms with van der Waals surface area (Å²) in [6, 6.07) is 4.06. The largest absolute Gasteiger partial charge is 0.471 e. The van der Waals surface area contributed by atoms with Crippen molar-refractivity contribution in [3.05, 3.63) is 30.1 Å². The predicted octanol–water partition coefficient (Wildman–Crippen LogP) is 1.82. The van der Waals surface area contributed by atoms with Gasteiger partial charge in [0.05, 0.1) is 11.7 Å². The Morgan fingerprint density at radius 2 is 2.13 bits per heavy atom. The Bertz CT molecular complexity index is 337. The molecular formula is C9H9F3N2O. The number of hydrogen-bond acceptors (Lipinski definition) is 2. The molecule has 15 heavy (non-hydrogen) atoms. The minimum atomic E-state index is -4.86. The van der Waals surface area contributed by atoms with Gasteiger partial charge in [0.1, 0.15) is 0 Å². The monoisotopic (exact) mass is 218 g/mol. The molecule has 0 aromatic carbocycles. The van der Waals surface area contributed by atoms with Gasteiger partial charge in [0.25, 0.3) is 0 Å². The van der Waals surface area contributed by atoms with Gasteiger partial charge in [-0.2, -0.15) is 13.2 Å². The minimum absolute atomic E-state index is 0.384. The number of nitrogens with zero attached hydrogens (tertiary/aromatic N) is 1. The van der Waals surface area contributed by atoms with E-state index < -0.39 is 18.1 Å². The van der Waals surface area contributed by atoms with E-state index in [9.17, 15) is 18.0 Å². The van der Waals surface area contributed by atoms with Crippen molar-refractivity contribution in [2.75, 3.05) is 0 Å². The molecule has 6 heteroatoms. The summed E-state index contributed by atoms with van der Waals surface area (Å²) in [7, 11) is 0. The van der Waals surface area contributed by atoms with E-state index in [1.807, 2.05) is 5.32 Å². The van der Waals surface area contributed by atoms with Crippen molar-refractivity contribution in [1.29, 1.82) is 0 Å². The molecule has 1 heterocycles. The Labute approximate surface area is 84.3 Å². The highest BCUT2D eigenvalue weighted by molar-refractivity contribution is 5.81. The average molecular weight is 218 g/mol. The lowest BCUT2D eigenvalue weighted by Crippen LogP contribution is -2.38. The van der Waals surface area contributed by atoms with E-state index in [0.717, 1.165) is 0 Å². The van der Waals surface area contributed by atoms with Gasteiger partial charge in [0, 0.05) is 6.20 Å². The number of nitrogens with one attached hydrogen (secondary N) is 1. The fraction of sp³-hybridized carbons (Fsp3) is 0.333. The summed E-state index contributed by atoms with van der Waals surface area (Å²) in [5, 5.41) is 1.81. The van der Waals surface area contributed by atoms with Crippen LogP contribution in [0.1, 0.15) is 18.7 Å². The van der Waals surface area contributed by atoms with E-state index in [-0.39, 0.29) is 0 Å². The number of carbonyl (C=O) groups is 1. The van der Waals surface area contributed by atoms with Crippen LogP contribution in [0.15, 0.2) is 24.4 Å². The van der Waals surface area contributed by atoms with Gasteiger partial charge in [-0.05, 0) is 19.1 Å². The van der Waals surface area contributed by atoms with Crippen LogP contribution in [0.4, 0.5) is 13.2 Å². The van der Waals surface area contributed by atoms with E-state index >= 15 is 0 Å². The first-order valence-corrected chi connectivity index (χ1v) is 4.20. The quantitative estimate of drug-likeness (QED) is 0.822. The van der Waals surface area contributed by atoms with Crippen LogP contribution >= 0.6 is 0 Å². The lowest BCUT2D eigenvalue weighted by molar-refractivity contribution is -0.174. The van der Waals surface area contributed by atoms with E-state index in [2.05, 4.69) is 4.98 Å². The number of alkyl halides is 3. The zero-order valence-electron chi connectivity index (χ0n) is 7.88. The lowest BCUT2D eigenvalue weighted by atomic mass is 10.2. The van der Waals surface area contributed by atoms with Gasteiger partial charge in [-0.1, -0.05) is 6.07 Å². The maximum atomic E-state index is 11.9. The number of amides is 1. The van der Waals surface area contributed by atoms with Gasteiger partial charge < -0.3 is 5.32 Å². The first kappa shape index (κ1) is 11.5. The smallest absolute Gasteiger partial charge is 0.340 e. The second kappa shape index (κ2) is 4.29. The van der Waals surface area contributed by atoms with Crippen LogP contribution in [-0.2, 0) is 4.79 Å². The summed E-state index contributed by atoms with van der Waals surface area (Å²) in [5.41, 5.74) is 0.384. The molecule has 3 nitrogen and oxygen atoms in total. The number of hydrogen-bond donors (Lipinski definition) is 1. The molecule has 1 N–H and O–H groups in total. The highest BCUT2D eigenvalue weighted by Crippen LogP contribution is 2.17. The molecule has 0 aliphatic rings. The van der Waals surface area contributed by atoms with E-state index in [1.165, 1.54) is 13.1 Å². The molecule has 1 amide bonds. The molecular weight excluding hydrogens is 209 g/mol. The summed E-state index contributed by atoms with van der Waals surface area (Å²) in [5.74, 6) is -1.96. The summed E-state index contributed by atoms with van der Waals surface area (Å²) < 4.78 is 35.7. The van der Waals surface area contributed by atoms with Crippen molar-refractivity contribution in [2.24, 2.45) is 0 Å². The Morgan fingerprint density at radius 3 is 2.60 bits per heavy atom. The van der Waals surface area contributed by atoms with Crippen molar-refractivity contribution < 1.29 is 18.0 Å². The maximum absolute atomic E-state index is 11.9. The van der Waals surface area contributed by atoms with Gasteiger partial charge in [-0.25, -0.2) is 0 Å². The summed E-state index contributed by atoms with van der Waals surface area (Å²) in [4.78, 5) is 14.4. The zero-order valence-corrected chi connectivity index (χ0v) is 7.88. The number of pyridine rings is 1. The number of halogens is 3. The number of carbonyl (C=O) groups excluding carboxylic acids is 1. The molecule has 1 atom stereocenters. The maximum Gasteiger partial charge on any atom is 0.471 e. The van der Waals surface area contributed by atoms with Crippen LogP contribution < -0.4 is 5.32 Å². The Balaban J connectivity index is 2.65. The van der Waals surface area contributed by atoms with Gasteiger partial charge in [0.2, 0.25) is 0 Å². The Morgan fingerprint density at radius 1 is 1.47 bits per heavy atom. The first-order chi connectivity index (χ1) is 6.91. The fourth-order valence-corrected chi connectivity index (χ4v) is 0.985. The molecule has 0 bridgehead atoms. The van der Waals surface area contributed by atoms with Crippen molar-refractivity contribution >= 4 is 5.91 Å². The molecule has 1 aromatic heterocycles. The van der Waals surface area contributed by atoms with Crippen molar-refractivity contribution in [3.8, 4) is 0 Å². The van der Waals surface area contributed by atoms with Gasteiger partial charge >= 0.3 is 12.1 Å². The van der Waals surface area contributed by atoms with Gasteiger partial charge in [0.15, 0.2) is 0 Å². The second-order valence-electron chi connectivity index (χ2n) is 2.95. The lowest BCUT2D eigenvalue weighted by Gasteiger charge is -2.14. The Hall–Kier alpha value is -1.59. The van der Waals surface area contributed by atoms with Crippen LogP contribution in [0.5, 0.6) is 0 Å². The summed E-state index contributed by atoms with van der Waals surface area (Å²) in [6.45, 7) is 1.44. The van der Waals surface area contributed by atoms with Gasteiger partial charge in [-0.15, -0.1) is 0 Å². The highest BCUT2D eigenvalue weighted by Gasteiger charge is 2.39. The van der Waals surface area contributed by atoms with Crippen LogP contribution in [0, 0.1) is 0 Å². The molecule has 1 aromatic rings. The molecule has 0 radical (unpaired) electrons. The van der Waals surface area contributed by atoms with Crippen molar-refractivity contribution in [3.63, 3.8) is 0 Å². The molecule has 0 spiro atoms. The minimum Gasteiger partial charge on any atom is -0.340 e. The molecule has 1 rings (SSSR count). The van der Waals surface area contributed by atoms with Crippen LogP contribution in [-0.4, -0.2) is 17.1 Å². The normalized spacial score (nSPS) is 13.3. The summed E-state index contributed by atoms with van der Waals surface area (Å²) in [6.07, 6.45) is -3.41. The standard InChI is InChI=1S/C9H9F3N2O/c1-6(7-4-2-3-5-13-7)14-8(15)9(10,11)12/h2-6H,1H3,(H,14,15). The molecule has 0 saturated heterocycles. The SMILES string of the molecule is CC(NC(=O)C(F)(F)F)c1ccccn1.